The number of esters is 1. The van der Waals surface area contributed by atoms with E-state index in [0.717, 1.165) is 63.5 Å². The van der Waals surface area contributed by atoms with Crippen LogP contribution in [0, 0.1) is 34.5 Å². The molecule has 4 aliphatic rings. The molecule has 0 radical (unpaired) electrons. The van der Waals surface area contributed by atoms with Crippen LogP contribution in [0.4, 0.5) is 0 Å². The Morgan fingerprint density at radius 3 is 2.66 bits per heavy atom. The van der Waals surface area contributed by atoms with Crippen molar-refractivity contribution in [3.05, 3.63) is 29.3 Å². The van der Waals surface area contributed by atoms with Crippen molar-refractivity contribution >= 4 is 5.97 Å². The molecule has 0 saturated heterocycles. The molecule has 1 aromatic carbocycles. The fraction of sp³-hybridized carbons (Fsp3) is 0.788. The number of benzene rings is 1. The minimum atomic E-state index is -0.297. The van der Waals surface area contributed by atoms with Crippen LogP contribution in [0.2, 0.25) is 0 Å². The molecule has 0 amide bonds. The summed E-state index contributed by atoms with van der Waals surface area (Å²) in [6.07, 6.45) is 11.4. The molecule has 0 heterocycles. The number of carbonyl (C=O) groups is 1. The third kappa shape index (κ3) is 5.14. The maximum Gasteiger partial charge on any atom is 0.344 e. The average molecular weight is 527 g/mol. The van der Waals surface area contributed by atoms with Crippen LogP contribution >= 0.6 is 0 Å². The minimum Gasteiger partial charge on any atom is -0.482 e. The van der Waals surface area contributed by atoms with Crippen molar-refractivity contribution in [3.8, 4) is 5.75 Å². The van der Waals surface area contributed by atoms with Gasteiger partial charge >= 0.3 is 5.97 Å². The van der Waals surface area contributed by atoms with Crippen LogP contribution in [-0.4, -0.2) is 41.1 Å². The Labute approximate surface area is 229 Å². The highest BCUT2D eigenvalue weighted by Crippen LogP contribution is 2.66. The Morgan fingerprint density at radius 1 is 1.13 bits per heavy atom. The van der Waals surface area contributed by atoms with E-state index in [1.165, 1.54) is 30.4 Å². The van der Waals surface area contributed by atoms with Gasteiger partial charge in [-0.1, -0.05) is 59.1 Å². The van der Waals surface area contributed by atoms with Gasteiger partial charge in [0.15, 0.2) is 6.61 Å². The summed E-state index contributed by atoms with van der Waals surface area (Å²) in [4.78, 5) is 12.8. The van der Waals surface area contributed by atoms with Crippen molar-refractivity contribution < 1.29 is 24.5 Å². The average Bonchev–Trinajstić information content (AvgIpc) is 3.38. The lowest BCUT2D eigenvalue weighted by Gasteiger charge is -2.38. The number of aliphatic hydroxyl groups is 2. The molecule has 3 saturated carbocycles. The molecule has 8 atom stereocenters. The lowest BCUT2D eigenvalue weighted by molar-refractivity contribution is -0.159. The largest absolute Gasteiger partial charge is 0.482 e. The molecule has 38 heavy (non-hydrogen) atoms. The molecule has 3 fully saturated rings. The van der Waals surface area contributed by atoms with Crippen LogP contribution in [0.5, 0.6) is 5.75 Å². The monoisotopic (exact) mass is 526 g/mol. The molecule has 5 heteroatoms. The van der Waals surface area contributed by atoms with Crippen LogP contribution < -0.4 is 4.74 Å². The van der Waals surface area contributed by atoms with E-state index in [9.17, 15) is 15.0 Å². The van der Waals surface area contributed by atoms with Gasteiger partial charge in [-0.2, -0.15) is 0 Å². The van der Waals surface area contributed by atoms with Gasteiger partial charge in [0.2, 0.25) is 0 Å². The molecule has 4 aliphatic carbocycles. The van der Waals surface area contributed by atoms with Crippen LogP contribution in [0.25, 0.3) is 0 Å². The number of aliphatic hydroxyl groups excluding tert-OH is 2. The molecule has 1 aromatic rings. The molecule has 2 N–H and O–H groups in total. The van der Waals surface area contributed by atoms with Gasteiger partial charge in [-0.3, -0.25) is 0 Å². The summed E-state index contributed by atoms with van der Waals surface area (Å²) in [6.45, 7) is 9.09. The summed E-state index contributed by atoms with van der Waals surface area (Å²) in [5, 5.41) is 21.4. The number of ether oxygens (including phenoxy) is 2. The first kappa shape index (κ1) is 28.0. The van der Waals surface area contributed by atoms with E-state index in [0.29, 0.717) is 17.8 Å². The number of hydrogen-bond acceptors (Lipinski definition) is 5. The normalized spacial score (nSPS) is 35.5. The fourth-order valence-electron chi connectivity index (χ4n) is 8.74. The molecular weight excluding hydrogens is 476 g/mol. The van der Waals surface area contributed by atoms with Crippen molar-refractivity contribution in [1.29, 1.82) is 0 Å². The molecular formula is C33H50O5. The van der Waals surface area contributed by atoms with Gasteiger partial charge in [0, 0.05) is 5.41 Å². The molecule has 2 bridgehead atoms. The second-order valence-electron chi connectivity index (χ2n) is 13.8. The Kier molecular flexibility index (Phi) is 8.18. The number of hydrogen-bond donors (Lipinski definition) is 2. The smallest absolute Gasteiger partial charge is 0.344 e. The van der Waals surface area contributed by atoms with E-state index in [1.54, 1.807) is 0 Å². The maximum absolute atomic E-state index is 12.8. The summed E-state index contributed by atoms with van der Waals surface area (Å²) in [5.41, 5.74) is 2.74. The summed E-state index contributed by atoms with van der Waals surface area (Å²) in [5.74, 6) is 2.28. The second-order valence-corrected chi connectivity index (χ2v) is 13.8. The first-order valence-electron chi connectivity index (χ1n) is 15.4. The summed E-state index contributed by atoms with van der Waals surface area (Å²) in [6, 6.07) is 6.18. The maximum atomic E-state index is 12.8. The Morgan fingerprint density at radius 2 is 1.95 bits per heavy atom. The van der Waals surface area contributed by atoms with Gasteiger partial charge in [-0.25, -0.2) is 4.79 Å². The van der Waals surface area contributed by atoms with E-state index >= 15 is 0 Å². The van der Waals surface area contributed by atoms with Crippen LogP contribution in [0.3, 0.4) is 0 Å². The Hall–Kier alpha value is -1.59. The highest BCUT2D eigenvalue weighted by Gasteiger charge is 2.62. The molecule has 212 valence electrons. The number of unbranched alkanes of at least 4 members (excludes halogenated alkanes) is 2. The lowest BCUT2D eigenvalue weighted by atomic mass is 9.70. The van der Waals surface area contributed by atoms with E-state index in [-0.39, 0.29) is 47.6 Å². The topological polar surface area (TPSA) is 76.0 Å². The van der Waals surface area contributed by atoms with Crippen LogP contribution in [-0.2, 0) is 22.4 Å². The highest BCUT2D eigenvalue weighted by atomic mass is 16.6. The van der Waals surface area contributed by atoms with E-state index in [1.807, 2.05) is 12.1 Å². The third-order valence-electron chi connectivity index (χ3n) is 11.7. The molecule has 0 aromatic heterocycles. The van der Waals surface area contributed by atoms with Gasteiger partial charge < -0.3 is 19.7 Å². The van der Waals surface area contributed by atoms with Crippen molar-refractivity contribution in [1.82, 2.24) is 0 Å². The predicted molar refractivity (Wildman–Crippen MR) is 149 cm³/mol. The zero-order valence-electron chi connectivity index (χ0n) is 24.1. The fourth-order valence-corrected chi connectivity index (χ4v) is 8.74. The van der Waals surface area contributed by atoms with Crippen molar-refractivity contribution in [2.24, 2.45) is 34.5 Å². The van der Waals surface area contributed by atoms with E-state index in [2.05, 4.69) is 33.8 Å². The van der Waals surface area contributed by atoms with Crippen molar-refractivity contribution in [3.63, 3.8) is 0 Å². The first-order chi connectivity index (χ1) is 18.1. The number of fused-ring (bicyclic) bond motifs is 4. The Balaban J connectivity index is 1.17. The first-order valence-corrected chi connectivity index (χ1v) is 15.4. The van der Waals surface area contributed by atoms with Crippen LogP contribution in [0.1, 0.15) is 103 Å². The van der Waals surface area contributed by atoms with E-state index in [4.69, 9.17) is 9.47 Å². The molecule has 5 nitrogen and oxygen atoms in total. The molecule has 5 rings (SSSR count). The molecule has 0 aliphatic heterocycles. The van der Waals surface area contributed by atoms with Crippen LogP contribution in [0.15, 0.2) is 18.2 Å². The SMILES string of the molecule is CCCCC[C@@H](O)CC[C@@H]1[C@H]2Cc3cccc(OCC(=O)O[C@@H]4C[C@H]5CC[C@]4(C)C5(C)C)c3C[C@H]2C[C@H]1O. The zero-order valence-corrected chi connectivity index (χ0v) is 24.1. The lowest BCUT2D eigenvalue weighted by Crippen LogP contribution is -2.39. The van der Waals surface area contributed by atoms with Gasteiger partial charge in [0.25, 0.3) is 0 Å². The summed E-state index contributed by atoms with van der Waals surface area (Å²) in [7, 11) is 0. The van der Waals surface area contributed by atoms with E-state index < -0.39 is 0 Å². The molecule has 0 unspecified atom stereocenters. The van der Waals surface area contributed by atoms with Gasteiger partial charge in [-0.15, -0.1) is 0 Å². The number of rotatable bonds is 11. The van der Waals surface area contributed by atoms with Crippen molar-refractivity contribution in [2.45, 2.75) is 123 Å². The quantitative estimate of drug-likeness (QED) is 0.263. The van der Waals surface area contributed by atoms with Gasteiger partial charge in [-0.05, 0) is 104 Å². The number of carbonyl (C=O) groups excluding carboxylic acids is 1. The summed E-state index contributed by atoms with van der Waals surface area (Å²) < 4.78 is 12.1. The molecule has 0 spiro atoms. The second kappa shape index (κ2) is 11.1. The highest BCUT2D eigenvalue weighted by molar-refractivity contribution is 5.71. The summed E-state index contributed by atoms with van der Waals surface area (Å²) >= 11 is 0. The third-order valence-corrected chi connectivity index (χ3v) is 11.7. The standard InChI is InChI=1S/C33H50O5/c1-5-6-7-10-24(34)12-13-25-26-16-21-9-8-11-29(27(21)17-22(26)18-28(25)35)37-20-31(36)38-30-19-23-14-15-33(30,4)32(23,2)3/h8-9,11,22-26,28,30,34-35H,5-7,10,12-20H2,1-4H3/t22-,23+,24+,25+,26-,28+,30+,33-/m0/s1. The Bertz CT molecular complexity index is 988. The predicted octanol–water partition coefficient (Wildman–Crippen LogP) is 6.26. The minimum absolute atomic E-state index is 0.0140. The van der Waals surface area contributed by atoms with Gasteiger partial charge in [0.1, 0.15) is 11.9 Å². The van der Waals surface area contributed by atoms with Crippen molar-refractivity contribution in [2.75, 3.05) is 6.61 Å². The van der Waals surface area contributed by atoms with Gasteiger partial charge in [0.05, 0.1) is 12.2 Å². The zero-order chi connectivity index (χ0) is 27.1.